The minimum Gasteiger partial charge on any atom is -0.346 e. The van der Waals surface area contributed by atoms with Crippen molar-refractivity contribution in [3.05, 3.63) is 28.2 Å². The largest absolute Gasteiger partial charge is 0.346 e. The third-order valence-corrected chi connectivity index (χ3v) is 3.40. The number of hydrogen-bond acceptors (Lipinski definition) is 3. The lowest BCUT2D eigenvalue weighted by Crippen LogP contribution is -2.46. The molecule has 0 unspecified atom stereocenters. The Bertz CT molecular complexity index is 503. The molecule has 6 heteroatoms. The van der Waals surface area contributed by atoms with E-state index in [1.807, 2.05) is 32.9 Å². The minimum atomic E-state index is -0.600. The summed E-state index contributed by atoms with van der Waals surface area (Å²) < 4.78 is 0.948. The SMILES string of the molecule is Cc1cc(Br)ccc1NC(=O)CNC(=O)[C@@H](N)C(C)C. The standard InChI is InChI=1S/C14H20BrN3O2/c1-8(2)13(16)14(20)17-7-12(19)18-11-5-4-10(15)6-9(11)3/h4-6,8,13H,7,16H2,1-3H3,(H,17,20)(H,18,19)/t13-/m0/s1. The van der Waals surface area contributed by atoms with Crippen LogP contribution in [0, 0.1) is 12.8 Å². The van der Waals surface area contributed by atoms with Crippen molar-refractivity contribution in [3.8, 4) is 0 Å². The maximum absolute atomic E-state index is 11.8. The number of rotatable bonds is 5. The van der Waals surface area contributed by atoms with E-state index in [-0.39, 0.29) is 24.3 Å². The average Bonchev–Trinajstić information content (AvgIpc) is 2.38. The number of benzene rings is 1. The van der Waals surface area contributed by atoms with E-state index >= 15 is 0 Å². The maximum Gasteiger partial charge on any atom is 0.243 e. The van der Waals surface area contributed by atoms with Gasteiger partial charge in [-0.15, -0.1) is 0 Å². The van der Waals surface area contributed by atoms with Crippen LogP contribution in [0.1, 0.15) is 19.4 Å². The molecule has 0 aliphatic carbocycles. The summed E-state index contributed by atoms with van der Waals surface area (Å²) in [6.07, 6.45) is 0. The lowest BCUT2D eigenvalue weighted by Gasteiger charge is -2.15. The van der Waals surface area contributed by atoms with E-state index in [1.165, 1.54) is 0 Å². The number of halogens is 1. The number of anilines is 1. The molecule has 0 saturated heterocycles. The summed E-state index contributed by atoms with van der Waals surface area (Å²) in [6.45, 7) is 5.52. The summed E-state index contributed by atoms with van der Waals surface area (Å²) in [7, 11) is 0. The first-order chi connectivity index (χ1) is 9.31. The second kappa shape index (κ2) is 7.40. The lowest BCUT2D eigenvalue weighted by atomic mass is 10.1. The average molecular weight is 342 g/mol. The van der Waals surface area contributed by atoms with E-state index in [2.05, 4.69) is 26.6 Å². The summed E-state index contributed by atoms with van der Waals surface area (Å²) in [5.41, 5.74) is 7.36. The normalized spacial score (nSPS) is 12.1. The van der Waals surface area contributed by atoms with Crippen LogP contribution in [0.3, 0.4) is 0 Å². The number of nitrogens with two attached hydrogens (primary N) is 1. The molecule has 0 heterocycles. The molecule has 4 N–H and O–H groups in total. The Morgan fingerprint density at radius 2 is 2.00 bits per heavy atom. The van der Waals surface area contributed by atoms with Crippen molar-refractivity contribution in [3.63, 3.8) is 0 Å². The highest BCUT2D eigenvalue weighted by Gasteiger charge is 2.17. The fraction of sp³-hybridized carbons (Fsp3) is 0.429. The van der Waals surface area contributed by atoms with Crippen molar-refractivity contribution in [1.82, 2.24) is 5.32 Å². The van der Waals surface area contributed by atoms with Gasteiger partial charge in [0.05, 0.1) is 12.6 Å². The Labute approximate surface area is 127 Å². The molecule has 1 aromatic rings. The highest BCUT2D eigenvalue weighted by atomic mass is 79.9. The molecular weight excluding hydrogens is 322 g/mol. The molecule has 1 atom stereocenters. The molecule has 0 aromatic heterocycles. The number of carbonyl (C=O) groups is 2. The molecule has 2 amide bonds. The van der Waals surface area contributed by atoms with Crippen molar-refractivity contribution in [2.75, 3.05) is 11.9 Å². The van der Waals surface area contributed by atoms with Crippen LogP contribution in [0.2, 0.25) is 0 Å². The zero-order valence-electron chi connectivity index (χ0n) is 11.9. The van der Waals surface area contributed by atoms with E-state index in [0.29, 0.717) is 0 Å². The Morgan fingerprint density at radius 1 is 1.35 bits per heavy atom. The fourth-order valence-electron chi connectivity index (χ4n) is 1.55. The Kier molecular flexibility index (Phi) is 6.16. The van der Waals surface area contributed by atoms with Gasteiger partial charge in [0.25, 0.3) is 0 Å². The first-order valence-corrected chi connectivity index (χ1v) is 7.20. The zero-order chi connectivity index (χ0) is 15.3. The summed E-state index contributed by atoms with van der Waals surface area (Å²) in [5.74, 6) is -0.561. The summed E-state index contributed by atoms with van der Waals surface area (Å²) in [5, 5.41) is 5.28. The highest BCUT2D eigenvalue weighted by molar-refractivity contribution is 9.10. The molecule has 0 saturated carbocycles. The van der Waals surface area contributed by atoms with Gasteiger partial charge in [-0.2, -0.15) is 0 Å². The zero-order valence-corrected chi connectivity index (χ0v) is 13.5. The molecule has 0 radical (unpaired) electrons. The number of carbonyl (C=O) groups excluding carboxylic acids is 2. The molecule has 20 heavy (non-hydrogen) atoms. The summed E-state index contributed by atoms with van der Waals surface area (Å²) in [4.78, 5) is 23.4. The van der Waals surface area contributed by atoms with Crippen LogP contribution < -0.4 is 16.4 Å². The Morgan fingerprint density at radius 3 is 2.55 bits per heavy atom. The third kappa shape index (κ3) is 4.94. The maximum atomic E-state index is 11.8. The van der Waals surface area contributed by atoms with Crippen LogP contribution >= 0.6 is 15.9 Å². The van der Waals surface area contributed by atoms with E-state index < -0.39 is 6.04 Å². The molecule has 0 aliphatic heterocycles. The summed E-state index contributed by atoms with van der Waals surface area (Å²) >= 11 is 3.36. The van der Waals surface area contributed by atoms with Crippen molar-refractivity contribution in [2.24, 2.45) is 11.7 Å². The van der Waals surface area contributed by atoms with Crippen molar-refractivity contribution >= 4 is 33.4 Å². The first kappa shape index (κ1) is 16.7. The predicted octanol–water partition coefficient (Wildman–Crippen LogP) is 1.80. The fourth-order valence-corrected chi connectivity index (χ4v) is 2.03. The van der Waals surface area contributed by atoms with Crippen molar-refractivity contribution < 1.29 is 9.59 Å². The molecule has 1 aromatic carbocycles. The number of nitrogens with one attached hydrogen (secondary N) is 2. The number of aryl methyl sites for hydroxylation is 1. The molecular formula is C14H20BrN3O2. The molecule has 0 bridgehead atoms. The van der Waals surface area contributed by atoms with Gasteiger partial charge in [-0.3, -0.25) is 9.59 Å². The van der Waals surface area contributed by atoms with E-state index in [1.54, 1.807) is 6.07 Å². The first-order valence-electron chi connectivity index (χ1n) is 6.40. The Balaban J connectivity index is 2.50. The van der Waals surface area contributed by atoms with E-state index in [4.69, 9.17) is 5.73 Å². The van der Waals surface area contributed by atoms with E-state index in [9.17, 15) is 9.59 Å². The molecule has 1 rings (SSSR count). The van der Waals surface area contributed by atoms with Crippen LogP contribution in [0.5, 0.6) is 0 Å². The van der Waals surface area contributed by atoms with Crippen LogP contribution in [-0.4, -0.2) is 24.4 Å². The molecule has 0 fully saturated rings. The van der Waals surface area contributed by atoms with Gasteiger partial charge in [-0.05, 0) is 36.6 Å². The monoisotopic (exact) mass is 341 g/mol. The molecule has 0 aliphatic rings. The lowest BCUT2D eigenvalue weighted by molar-refractivity contribution is -0.125. The minimum absolute atomic E-state index is 0.0341. The van der Waals surface area contributed by atoms with Crippen molar-refractivity contribution in [2.45, 2.75) is 26.8 Å². The van der Waals surface area contributed by atoms with Crippen LogP contribution in [0.25, 0.3) is 0 Å². The van der Waals surface area contributed by atoms with Gasteiger partial charge in [0.2, 0.25) is 11.8 Å². The second-order valence-electron chi connectivity index (χ2n) is 5.00. The third-order valence-electron chi connectivity index (χ3n) is 2.91. The van der Waals surface area contributed by atoms with Crippen molar-refractivity contribution in [1.29, 1.82) is 0 Å². The van der Waals surface area contributed by atoms with E-state index in [0.717, 1.165) is 15.7 Å². The van der Waals surface area contributed by atoms with Gasteiger partial charge in [-0.25, -0.2) is 0 Å². The van der Waals surface area contributed by atoms with Gasteiger partial charge in [-0.1, -0.05) is 29.8 Å². The quantitative estimate of drug-likeness (QED) is 0.763. The molecule has 0 spiro atoms. The number of amides is 2. The summed E-state index contributed by atoms with van der Waals surface area (Å²) in [6, 6.07) is 4.95. The highest BCUT2D eigenvalue weighted by Crippen LogP contribution is 2.19. The molecule has 5 nitrogen and oxygen atoms in total. The topological polar surface area (TPSA) is 84.2 Å². The van der Waals surface area contributed by atoms with Gasteiger partial charge in [0.1, 0.15) is 0 Å². The van der Waals surface area contributed by atoms with Crippen LogP contribution in [0.15, 0.2) is 22.7 Å². The van der Waals surface area contributed by atoms with Gasteiger partial charge in [0.15, 0.2) is 0 Å². The predicted molar refractivity (Wildman–Crippen MR) is 83.3 cm³/mol. The van der Waals surface area contributed by atoms with Gasteiger partial charge < -0.3 is 16.4 Å². The smallest absolute Gasteiger partial charge is 0.243 e. The number of hydrogen-bond donors (Lipinski definition) is 3. The Hall–Kier alpha value is -1.40. The second-order valence-corrected chi connectivity index (χ2v) is 5.91. The van der Waals surface area contributed by atoms with Crippen LogP contribution in [-0.2, 0) is 9.59 Å². The molecule has 110 valence electrons. The van der Waals surface area contributed by atoms with Gasteiger partial charge in [0, 0.05) is 10.2 Å². The van der Waals surface area contributed by atoms with Gasteiger partial charge >= 0.3 is 0 Å². The van der Waals surface area contributed by atoms with Crippen LogP contribution in [0.4, 0.5) is 5.69 Å².